The average Bonchev–Trinajstić information content (AvgIpc) is 2.85. The molecule has 1 N–H and O–H groups in total. The minimum Gasteiger partial charge on any atom is -0.339 e. The van der Waals surface area contributed by atoms with Crippen molar-refractivity contribution < 1.29 is 4.79 Å². The molecule has 1 aromatic heterocycles. The van der Waals surface area contributed by atoms with Crippen LogP contribution in [0.4, 0.5) is 0 Å². The predicted molar refractivity (Wildman–Crippen MR) is 134 cm³/mol. The number of rotatable bonds is 4. The molecule has 0 radical (unpaired) electrons. The van der Waals surface area contributed by atoms with Crippen LogP contribution in [0.25, 0.3) is 16.6 Å². The largest absolute Gasteiger partial charge is 0.339 e. The van der Waals surface area contributed by atoms with E-state index in [0.717, 1.165) is 32.4 Å². The van der Waals surface area contributed by atoms with Crippen molar-refractivity contribution in [3.05, 3.63) is 105 Å². The number of likely N-dealkylation sites (tertiary alicyclic amines) is 1. The van der Waals surface area contributed by atoms with E-state index in [4.69, 9.17) is 12.2 Å². The fourth-order valence-electron chi connectivity index (χ4n) is 4.62. The lowest BCUT2D eigenvalue weighted by molar-refractivity contribution is 0.0690. The minimum atomic E-state index is -0.172. The fourth-order valence-corrected chi connectivity index (χ4v) is 4.92. The molecule has 1 aliphatic heterocycles. The van der Waals surface area contributed by atoms with Crippen LogP contribution in [0.5, 0.6) is 0 Å². The van der Waals surface area contributed by atoms with Crippen LogP contribution in [0.1, 0.15) is 28.8 Å². The number of carbonyl (C=O) groups excluding carboxylic acids is 1. The van der Waals surface area contributed by atoms with Gasteiger partial charge < -0.3 is 9.88 Å². The molecule has 5 rings (SSSR count). The van der Waals surface area contributed by atoms with Crippen LogP contribution in [0.15, 0.2) is 83.7 Å². The molecule has 0 unspecified atom stereocenters. The van der Waals surface area contributed by atoms with Crippen LogP contribution in [0.3, 0.4) is 0 Å². The van der Waals surface area contributed by atoms with Gasteiger partial charge >= 0.3 is 0 Å². The summed E-state index contributed by atoms with van der Waals surface area (Å²) < 4.78 is 1.80. The number of nitrogens with one attached hydrogen (secondary N) is 1. The lowest BCUT2D eigenvalue weighted by Gasteiger charge is -2.32. The lowest BCUT2D eigenvalue weighted by Crippen LogP contribution is -2.38. The van der Waals surface area contributed by atoms with E-state index in [2.05, 4.69) is 29.2 Å². The Bertz CT molecular complexity index is 1400. The molecule has 6 heteroatoms. The van der Waals surface area contributed by atoms with E-state index in [1.807, 2.05) is 29.2 Å². The average molecular weight is 456 g/mol. The summed E-state index contributed by atoms with van der Waals surface area (Å²) in [5.41, 5.74) is 3.18. The van der Waals surface area contributed by atoms with Crippen molar-refractivity contribution >= 4 is 29.0 Å². The van der Waals surface area contributed by atoms with Crippen molar-refractivity contribution in [2.45, 2.75) is 19.3 Å². The number of para-hydroxylation sites is 1. The van der Waals surface area contributed by atoms with Crippen molar-refractivity contribution in [3.63, 3.8) is 0 Å². The van der Waals surface area contributed by atoms with E-state index in [0.29, 0.717) is 32.8 Å². The van der Waals surface area contributed by atoms with Crippen molar-refractivity contribution in [1.82, 2.24) is 14.5 Å². The SMILES string of the molecule is O=C(c1ccc(-n2c(=S)[nH]c3ccccc3c2=O)cc1)N1CCC(Cc2ccccc2)CC1. The quantitative estimate of drug-likeness (QED) is 0.433. The Morgan fingerprint density at radius 2 is 1.58 bits per heavy atom. The molecular weight excluding hydrogens is 430 g/mol. The summed E-state index contributed by atoms with van der Waals surface area (Å²) in [7, 11) is 0. The molecule has 1 saturated heterocycles. The fraction of sp³-hybridized carbons (Fsp3) is 0.222. The molecule has 4 aromatic rings. The zero-order valence-corrected chi connectivity index (χ0v) is 19.1. The molecule has 0 aliphatic carbocycles. The van der Waals surface area contributed by atoms with Gasteiger partial charge in [0.05, 0.1) is 16.6 Å². The van der Waals surface area contributed by atoms with Gasteiger partial charge in [0.2, 0.25) is 0 Å². The van der Waals surface area contributed by atoms with E-state index in [-0.39, 0.29) is 11.5 Å². The summed E-state index contributed by atoms with van der Waals surface area (Å²) in [5.74, 6) is 0.649. The normalized spacial score (nSPS) is 14.5. The maximum absolute atomic E-state index is 13.1. The maximum atomic E-state index is 13.1. The van der Waals surface area contributed by atoms with Crippen molar-refractivity contribution in [2.24, 2.45) is 5.92 Å². The lowest BCUT2D eigenvalue weighted by atomic mass is 9.90. The zero-order chi connectivity index (χ0) is 22.8. The first kappa shape index (κ1) is 21.3. The first-order chi connectivity index (χ1) is 16.1. The summed E-state index contributed by atoms with van der Waals surface area (Å²) in [5, 5.41) is 0.574. The first-order valence-electron chi connectivity index (χ1n) is 11.3. The number of fused-ring (bicyclic) bond motifs is 1. The number of carbonyl (C=O) groups is 1. The first-order valence-corrected chi connectivity index (χ1v) is 11.7. The molecule has 33 heavy (non-hydrogen) atoms. The van der Waals surface area contributed by atoms with E-state index in [9.17, 15) is 9.59 Å². The number of nitrogens with zero attached hydrogens (tertiary/aromatic N) is 2. The molecule has 1 amide bonds. The van der Waals surface area contributed by atoms with Crippen LogP contribution in [0, 0.1) is 10.7 Å². The highest BCUT2D eigenvalue weighted by molar-refractivity contribution is 7.71. The zero-order valence-electron chi connectivity index (χ0n) is 18.2. The molecule has 2 heterocycles. The van der Waals surface area contributed by atoms with E-state index < -0.39 is 0 Å². The summed E-state index contributed by atoms with van der Waals surface area (Å²) in [6.07, 6.45) is 3.10. The van der Waals surface area contributed by atoms with Crippen LogP contribution in [-0.4, -0.2) is 33.4 Å². The van der Waals surface area contributed by atoms with Gasteiger partial charge in [0.1, 0.15) is 0 Å². The molecule has 0 atom stereocenters. The third kappa shape index (κ3) is 4.39. The van der Waals surface area contributed by atoms with Crippen molar-refractivity contribution in [3.8, 4) is 5.69 Å². The molecule has 1 fully saturated rings. The Labute approximate surface area is 197 Å². The van der Waals surface area contributed by atoms with E-state index in [1.54, 1.807) is 30.3 Å². The number of H-pyrrole nitrogens is 1. The predicted octanol–water partition coefficient (Wildman–Crippen LogP) is 5.14. The Kier molecular flexibility index (Phi) is 5.92. The summed E-state index contributed by atoms with van der Waals surface area (Å²) in [6, 6.07) is 25.0. The second kappa shape index (κ2) is 9.16. The van der Waals surface area contributed by atoms with Crippen molar-refractivity contribution in [2.75, 3.05) is 13.1 Å². The molecule has 0 bridgehead atoms. The van der Waals surface area contributed by atoms with Gasteiger partial charge in [0.25, 0.3) is 11.5 Å². The molecule has 166 valence electrons. The number of amides is 1. The van der Waals surface area contributed by atoms with Crippen LogP contribution < -0.4 is 5.56 Å². The van der Waals surface area contributed by atoms with E-state index >= 15 is 0 Å². The Hall–Kier alpha value is -3.51. The van der Waals surface area contributed by atoms with Gasteiger partial charge in [-0.05, 0) is 79.4 Å². The van der Waals surface area contributed by atoms with Gasteiger partial charge in [-0.15, -0.1) is 0 Å². The molecule has 1 aliphatic rings. The molecule has 3 aromatic carbocycles. The number of benzene rings is 3. The number of hydrogen-bond acceptors (Lipinski definition) is 3. The summed E-state index contributed by atoms with van der Waals surface area (Å²) in [6.45, 7) is 1.54. The van der Waals surface area contributed by atoms with Crippen molar-refractivity contribution in [1.29, 1.82) is 0 Å². The smallest absolute Gasteiger partial charge is 0.266 e. The molecule has 0 saturated carbocycles. The monoisotopic (exact) mass is 455 g/mol. The Balaban J connectivity index is 1.29. The van der Waals surface area contributed by atoms with Gasteiger partial charge in [-0.1, -0.05) is 42.5 Å². The second-order valence-corrected chi connectivity index (χ2v) is 8.98. The standard InChI is InChI=1S/C27H25N3O2S/c31-25(29-16-14-20(15-17-29)18-19-6-2-1-3-7-19)21-10-12-22(13-11-21)30-26(32)23-8-4-5-9-24(23)28-27(30)33/h1-13,20H,14-18H2,(H,28,33). The maximum Gasteiger partial charge on any atom is 0.266 e. The molecule has 5 nitrogen and oxygen atoms in total. The van der Waals surface area contributed by atoms with Gasteiger partial charge in [-0.2, -0.15) is 0 Å². The highest BCUT2D eigenvalue weighted by Crippen LogP contribution is 2.23. The molecule has 0 spiro atoms. The minimum absolute atomic E-state index is 0.0377. The highest BCUT2D eigenvalue weighted by Gasteiger charge is 2.24. The third-order valence-corrected chi connectivity index (χ3v) is 6.73. The highest BCUT2D eigenvalue weighted by atomic mass is 32.1. The Morgan fingerprint density at radius 3 is 2.30 bits per heavy atom. The van der Waals surface area contributed by atoms with Gasteiger partial charge in [0.15, 0.2) is 4.77 Å². The van der Waals surface area contributed by atoms with Gasteiger partial charge in [0, 0.05) is 18.7 Å². The summed E-state index contributed by atoms with van der Waals surface area (Å²) in [4.78, 5) is 31.1. The second-order valence-electron chi connectivity index (χ2n) is 8.59. The summed E-state index contributed by atoms with van der Waals surface area (Å²) >= 11 is 5.43. The van der Waals surface area contributed by atoms with E-state index in [1.165, 1.54) is 10.1 Å². The van der Waals surface area contributed by atoms with Crippen LogP contribution >= 0.6 is 12.2 Å². The van der Waals surface area contributed by atoms with Crippen LogP contribution in [0.2, 0.25) is 0 Å². The number of aromatic nitrogens is 2. The van der Waals surface area contributed by atoms with Crippen LogP contribution in [-0.2, 0) is 6.42 Å². The number of aromatic amines is 1. The van der Waals surface area contributed by atoms with Gasteiger partial charge in [-0.25, -0.2) is 0 Å². The number of piperidine rings is 1. The topological polar surface area (TPSA) is 58.1 Å². The number of hydrogen-bond donors (Lipinski definition) is 1. The molecular formula is C27H25N3O2S. The van der Waals surface area contributed by atoms with Gasteiger partial charge in [-0.3, -0.25) is 14.2 Å². The Morgan fingerprint density at radius 1 is 0.909 bits per heavy atom. The third-order valence-electron chi connectivity index (χ3n) is 6.45.